The van der Waals surface area contributed by atoms with Gasteiger partial charge in [0.15, 0.2) is 0 Å². The van der Waals surface area contributed by atoms with Gasteiger partial charge in [0.25, 0.3) is 0 Å². The van der Waals surface area contributed by atoms with E-state index in [1.807, 2.05) is 0 Å². The lowest BCUT2D eigenvalue weighted by Gasteiger charge is -2.19. The van der Waals surface area contributed by atoms with Crippen molar-refractivity contribution < 1.29 is 19.1 Å². The number of para-hydroxylation sites is 2. The maximum atomic E-state index is 13.5. The van der Waals surface area contributed by atoms with Crippen molar-refractivity contribution in [3.8, 4) is 0 Å². The highest BCUT2D eigenvalue weighted by Crippen LogP contribution is 2.27. The van der Waals surface area contributed by atoms with Gasteiger partial charge in [-0.05, 0) is 29.8 Å². The van der Waals surface area contributed by atoms with E-state index in [0.29, 0.717) is 16.6 Å². The average Bonchev–Trinajstić information content (AvgIpc) is 2.97. The number of imidazole rings is 1. The van der Waals surface area contributed by atoms with Gasteiger partial charge in [-0.1, -0.05) is 24.3 Å². The molecule has 2 aromatic carbocycles. The summed E-state index contributed by atoms with van der Waals surface area (Å²) in [6, 6.07) is 12.1. The molecule has 7 nitrogen and oxygen atoms in total. The van der Waals surface area contributed by atoms with Crippen LogP contribution < -0.4 is 11.1 Å². The number of nitrogens with two attached hydrogens (primary N) is 1. The van der Waals surface area contributed by atoms with Crippen LogP contribution in [0.3, 0.4) is 0 Å². The number of hydrogen-bond acceptors (Lipinski definition) is 4. The van der Waals surface area contributed by atoms with Gasteiger partial charge >= 0.3 is 0 Å². The molecule has 0 aliphatic heterocycles. The number of benzene rings is 2. The van der Waals surface area contributed by atoms with Gasteiger partial charge in [-0.2, -0.15) is 0 Å². The zero-order valence-electron chi connectivity index (χ0n) is 14.4. The summed E-state index contributed by atoms with van der Waals surface area (Å²) in [6.07, 6.45) is 0.0324. The van der Waals surface area contributed by atoms with Crippen molar-refractivity contribution in [3.05, 3.63) is 59.9 Å². The number of nitrogens with one attached hydrogen (secondary N) is 1. The van der Waals surface area contributed by atoms with Crippen molar-refractivity contribution in [2.45, 2.75) is 18.9 Å². The molecule has 3 aromatic rings. The van der Waals surface area contributed by atoms with Crippen molar-refractivity contribution in [2.24, 2.45) is 5.73 Å². The molecule has 1 aromatic heterocycles. The van der Waals surface area contributed by atoms with Crippen LogP contribution in [-0.2, 0) is 16.0 Å². The lowest BCUT2D eigenvalue weighted by atomic mass is 10.0. The molecule has 0 bridgehead atoms. The molecule has 0 aliphatic rings. The topological polar surface area (TPSA) is 110 Å². The first-order valence-corrected chi connectivity index (χ1v) is 8.41. The highest BCUT2D eigenvalue weighted by Gasteiger charge is 2.25. The van der Waals surface area contributed by atoms with Crippen LogP contribution in [0.15, 0.2) is 48.5 Å². The number of carbonyl (C=O) groups is 2. The zero-order valence-corrected chi connectivity index (χ0v) is 14.4. The molecule has 0 saturated carbocycles. The van der Waals surface area contributed by atoms with Crippen molar-refractivity contribution in [1.82, 2.24) is 9.55 Å². The van der Waals surface area contributed by atoms with Crippen molar-refractivity contribution in [3.63, 3.8) is 0 Å². The van der Waals surface area contributed by atoms with E-state index < -0.39 is 23.7 Å². The number of halogens is 1. The maximum Gasteiger partial charge on any atom is 0.240 e. The molecule has 0 spiro atoms. The molecule has 27 heavy (non-hydrogen) atoms. The van der Waals surface area contributed by atoms with Gasteiger partial charge in [-0.15, -0.1) is 0 Å². The average molecular weight is 370 g/mol. The summed E-state index contributed by atoms with van der Waals surface area (Å²) in [5, 5.41) is 11.5. The van der Waals surface area contributed by atoms with Crippen LogP contribution in [0.4, 0.5) is 10.3 Å². The van der Waals surface area contributed by atoms with E-state index in [4.69, 9.17) is 10.8 Å². The van der Waals surface area contributed by atoms with Crippen molar-refractivity contribution in [1.29, 1.82) is 0 Å². The molecule has 2 amide bonds. The first-order valence-electron chi connectivity index (χ1n) is 8.41. The summed E-state index contributed by atoms with van der Waals surface area (Å²) in [5.41, 5.74) is 7.40. The molecular formula is C19H19FN4O3. The Morgan fingerprint density at radius 1 is 1.22 bits per heavy atom. The fourth-order valence-corrected chi connectivity index (χ4v) is 2.94. The first kappa shape index (κ1) is 18.5. The minimum Gasteiger partial charge on any atom is -0.396 e. The summed E-state index contributed by atoms with van der Waals surface area (Å²) < 4.78 is 15.1. The summed E-state index contributed by atoms with van der Waals surface area (Å²) >= 11 is 0. The Bertz CT molecular complexity index is 986. The van der Waals surface area contributed by atoms with E-state index in [1.54, 1.807) is 36.4 Å². The molecule has 0 fully saturated rings. The lowest BCUT2D eigenvalue weighted by Crippen LogP contribution is -2.30. The van der Waals surface area contributed by atoms with Gasteiger partial charge in [-0.3, -0.25) is 19.5 Å². The minimum atomic E-state index is -0.886. The third kappa shape index (κ3) is 4.12. The summed E-state index contributed by atoms with van der Waals surface area (Å²) in [7, 11) is 0. The second-order valence-corrected chi connectivity index (χ2v) is 6.07. The standard InChI is InChI=1S/C19H19FN4O3/c20-13-5-3-4-12(10-13)11-16(18(21)27)24-15-7-2-1-6-14(15)22-19(24)23-17(26)8-9-25/h1-7,10,16,25H,8-9,11H2,(H2,21,27)(H,22,23,26). The number of anilines is 1. The van der Waals surface area contributed by atoms with Crippen LogP contribution in [0.5, 0.6) is 0 Å². The Morgan fingerprint density at radius 2 is 2.00 bits per heavy atom. The lowest BCUT2D eigenvalue weighted by molar-refractivity contribution is -0.121. The molecule has 1 heterocycles. The summed E-state index contributed by atoms with van der Waals surface area (Å²) in [6.45, 7) is -0.311. The molecule has 1 unspecified atom stereocenters. The number of aromatic nitrogens is 2. The van der Waals surface area contributed by atoms with E-state index >= 15 is 0 Å². The van der Waals surface area contributed by atoms with E-state index in [1.165, 1.54) is 16.7 Å². The monoisotopic (exact) mass is 370 g/mol. The largest absolute Gasteiger partial charge is 0.396 e. The third-order valence-electron chi connectivity index (χ3n) is 4.14. The van der Waals surface area contributed by atoms with Crippen LogP contribution in [0.2, 0.25) is 0 Å². The molecule has 0 radical (unpaired) electrons. The van der Waals surface area contributed by atoms with Gasteiger partial charge in [0, 0.05) is 6.42 Å². The predicted molar refractivity (Wildman–Crippen MR) is 98.4 cm³/mol. The molecule has 140 valence electrons. The number of hydrogen-bond donors (Lipinski definition) is 3. The number of nitrogens with zero attached hydrogens (tertiary/aromatic N) is 2. The van der Waals surface area contributed by atoms with Gasteiger partial charge in [-0.25, -0.2) is 9.37 Å². The van der Waals surface area contributed by atoms with Crippen LogP contribution in [-0.4, -0.2) is 33.1 Å². The van der Waals surface area contributed by atoms with Crippen LogP contribution in [0.25, 0.3) is 11.0 Å². The van der Waals surface area contributed by atoms with Gasteiger partial charge < -0.3 is 10.8 Å². The fourth-order valence-electron chi connectivity index (χ4n) is 2.94. The SMILES string of the molecule is NC(=O)C(Cc1cccc(F)c1)n1c(NC(=O)CCO)nc2ccccc21. The second-order valence-electron chi connectivity index (χ2n) is 6.07. The van der Waals surface area contributed by atoms with Crippen LogP contribution in [0, 0.1) is 5.82 Å². The first-order chi connectivity index (χ1) is 13.0. The Balaban J connectivity index is 2.07. The van der Waals surface area contributed by atoms with Crippen molar-refractivity contribution >= 4 is 28.8 Å². The Kier molecular flexibility index (Phi) is 5.46. The molecule has 4 N–H and O–H groups in total. The normalized spacial score (nSPS) is 12.1. The summed E-state index contributed by atoms with van der Waals surface area (Å²) in [5.74, 6) is -1.35. The zero-order chi connectivity index (χ0) is 19.4. The molecule has 3 rings (SSSR count). The molecular weight excluding hydrogens is 351 g/mol. The van der Waals surface area contributed by atoms with Crippen LogP contribution >= 0.6 is 0 Å². The summed E-state index contributed by atoms with van der Waals surface area (Å²) in [4.78, 5) is 28.5. The Hall–Kier alpha value is -3.26. The maximum absolute atomic E-state index is 13.5. The molecule has 1 atom stereocenters. The van der Waals surface area contributed by atoms with E-state index in [2.05, 4.69) is 10.3 Å². The third-order valence-corrected chi connectivity index (χ3v) is 4.14. The minimum absolute atomic E-state index is 0.103. The Morgan fingerprint density at radius 3 is 2.70 bits per heavy atom. The second kappa shape index (κ2) is 7.96. The number of fused-ring (bicyclic) bond motifs is 1. The van der Waals surface area contributed by atoms with E-state index in [9.17, 15) is 14.0 Å². The molecule has 0 aliphatic carbocycles. The molecule has 0 saturated heterocycles. The van der Waals surface area contributed by atoms with Gasteiger partial charge in [0.05, 0.1) is 24.1 Å². The smallest absolute Gasteiger partial charge is 0.240 e. The number of amides is 2. The quantitative estimate of drug-likeness (QED) is 0.589. The van der Waals surface area contributed by atoms with Crippen LogP contribution in [0.1, 0.15) is 18.0 Å². The highest BCUT2D eigenvalue weighted by atomic mass is 19.1. The number of carbonyl (C=O) groups excluding carboxylic acids is 2. The van der Waals surface area contributed by atoms with Crippen molar-refractivity contribution in [2.75, 3.05) is 11.9 Å². The van der Waals surface area contributed by atoms with Gasteiger partial charge in [0.1, 0.15) is 11.9 Å². The fraction of sp³-hybridized carbons (Fsp3) is 0.211. The van der Waals surface area contributed by atoms with Gasteiger partial charge in [0.2, 0.25) is 17.8 Å². The number of aliphatic hydroxyl groups excluding tert-OH is 1. The number of primary amides is 1. The number of aliphatic hydroxyl groups is 1. The highest BCUT2D eigenvalue weighted by molar-refractivity contribution is 5.93. The predicted octanol–water partition coefficient (Wildman–Crippen LogP) is 1.77. The van der Waals surface area contributed by atoms with E-state index in [0.717, 1.165) is 0 Å². The number of rotatable bonds is 7. The van der Waals surface area contributed by atoms with E-state index in [-0.39, 0.29) is 25.4 Å². The Labute approximate surface area is 154 Å². The molecule has 8 heteroatoms.